The second-order valence-electron chi connectivity index (χ2n) is 5.94. The van der Waals surface area contributed by atoms with Crippen molar-refractivity contribution in [1.29, 1.82) is 0 Å². The van der Waals surface area contributed by atoms with Crippen LogP contribution in [0.15, 0.2) is 76.1 Å². The third-order valence-electron chi connectivity index (χ3n) is 3.91. The molecule has 0 unspecified atom stereocenters. The Morgan fingerprint density at radius 3 is 2.22 bits per heavy atom. The average Bonchev–Trinajstić information content (AvgIpc) is 2.63. The van der Waals surface area contributed by atoms with Gasteiger partial charge in [-0.05, 0) is 61.5 Å². The number of carbonyl (C=O) groups is 1. The van der Waals surface area contributed by atoms with Gasteiger partial charge < -0.3 is 0 Å². The van der Waals surface area contributed by atoms with E-state index in [4.69, 9.17) is 0 Å². The third-order valence-corrected chi connectivity index (χ3v) is 5.78. The summed E-state index contributed by atoms with van der Waals surface area (Å²) < 4.78 is 41.5. The number of carbonyl (C=O) groups excluding carboxylic acids is 1. The van der Waals surface area contributed by atoms with Crippen LogP contribution in [0.3, 0.4) is 0 Å². The van der Waals surface area contributed by atoms with E-state index >= 15 is 0 Å². The summed E-state index contributed by atoms with van der Waals surface area (Å²) in [6.07, 6.45) is 0. The van der Waals surface area contributed by atoms with Crippen molar-refractivity contribution in [3.63, 3.8) is 0 Å². The van der Waals surface area contributed by atoms with E-state index in [1.807, 2.05) is 6.92 Å². The predicted molar refractivity (Wildman–Crippen MR) is 106 cm³/mol. The summed E-state index contributed by atoms with van der Waals surface area (Å²) in [6, 6.07) is 16.1. The molecule has 3 rings (SSSR count). The SMILES string of the molecule is Cc1ccc(S(=O)(=O)Nc2ccc(Br)cc2C(=O)c2ccc(F)cc2)cc1. The summed E-state index contributed by atoms with van der Waals surface area (Å²) in [5.41, 5.74) is 1.50. The molecule has 4 nitrogen and oxygen atoms in total. The van der Waals surface area contributed by atoms with Crippen molar-refractivity contribution in [2.24, 2.45) is 0 Å². The van der Waals surface area contributed by atoms with Gasteiger partial charge in [0, 0.05) is 15.6 Å². The van der Waals surface area contributed by atoms with E-state index in [1.165, 1.54) is 48.5 Å². The molecule has 0 saturated heterocycles. The zero-order valence-electron chi connectivity index (χ0n) is 14.2. The Kier molecular flexibility index (Phi) is 5.43. The van der Waals surface area contributed by atoms with Gasteiger partial charge in [-0.25, -0.2) is 12.8 Å². The molecule has 0 aliphatic rings. The molecule has 0 heterocycles. The second kappa shape index (κ2) is 7.62. The zero-order chi connectivity index (χ0) is 19.6. The lowest BCUT2D eigenvalue weighted by molar-refractivity contribution is 0.103. The van der Waals surface area contributed by atoms with Gasteiger partial charge in [-0.3, -0.25) is 9.52 Å². The Morgan fingerprint density at radius 1 is 0.963 bits per heavy atom. The largest absolute Gasteiger partial charge is 0.289 e. The number of hydrogen-bond acceptors (Lipinski definition) is 3. The highest BCUT2D eigenvalue weighted by molar-refractivity contribution is 9.10. The summed E-state index contributed by atoms with van der Waals surface area (Å²) in [5.74, 6) is -0.876. The first-order valence-corrected chi connectivity index (χ1v) is 10.2. The van der Waals surface area contributed by atoms with Gasteiger partial charge in [-0.1, -0.05) is 33.6 Å². The van der Waals surface area contributed by atoms with E-state index in [0.29, 0.717) is 4.47 Å². The molecule has 0 bridgehead atoms. The number of nitrogens with one attached hydrogen (secondary N) is 1. The molecule has 7 heteroatoms. The van der Waals surface area contributed by atoms with Crippen molar-refractivity contribution in [3.05, 3.63) is 93.7 Å². The van der Waals surface area contributed by atoms with Crippen LogP contribution in [0, 0.1) is 12.7 Å². The van der Waals surface area contributed by atoms with Gasteiger partial charge in [0.15, 0.2) is 5.78 Å². The number of ketones is 1. The molecule has 0 spiro atoms. The lowest BCUT2D eigenvalue weighted by atomic mass is 10.0. The van der Waals surface area contributed by atoms with Crippen molar-refractivity contribution in [3.8, 4) is 0 Å². The molecule has 0 aliphatic heterocycles. The Morgan fingerprint density at radius 2 is 1.59 bits per heavy atom. The normalized spacial score (nSPS) is 11.2. The maximum absolute atomic E-state index is 13.1. The van der Waals surface area contributed by atoms with Crippen LogP contribution in [0.5, 0.6) is 0 Å². The number of benzene rings is 3. The molecule has 138 valence electrons. The summed E-state index contributed by atoms with van der Waals surface area (Å²) in [7, 11) is -3.87. The molecule has 3 aromatic rings. The van der Waals surface area contributed by atoms with E-state index < -0.39 is 21.6 Å². The second-order valence-corrected chi connectivity index (χ2v) is 8.54. The number of hydrogen-bond donors (Lipinski definition) is 1. The molecule has 0 fully saturated rings. The molecule has 0 aliphatic carbocycles. The maximum Gasteiger partial charge on any atom is 0.261 e. The van der Waals surface area contributed by atoms with Crippen LogP contribution >= 0.6 is 15.9 Å². The lowest BCUT2D eigenvalue weighted by Gasteiger charge is -2.13. The summed E-state index contributed by atoms with van der Waals surface area (Å²) in [4.78, 5) is 12.9. The molecular formula is C20H15BrFNO3S. The van der Waals surface area contributed by atoms with Gasteiger partial charge in [-0.2, -0.15) is 0 Å². The molecule has 0 saturated carbocycles. The van der Waals surface area contributed by atoms with E-state index in [9.17, 15) is 17.6 Å². The van der Waals surface area contributed by atoms with E-state index in [-0.39, 0.29) is 21.7 Å². The van der Waals surface area contributed by atoms with E-state index in [2.05, 4.69) is 20.7 Å². The van der Waals surface area contributed by atoms with Crippen LogP contribution in [0.1, 0.15) is 21.5 Å². The highest BCUT2D eigenvalue weighted by Gasteiger charge is 2.20. The van der Waals surface area contributed by atoms with Crippen LogP contribution in [0.2, 0.25) is 0 Å². The van der Waals surface area contributed by atoms with Gasteiger partial charge in [0.2, 0.25) is 0 Å². The molecule has 1 N–H and O–H groups in total. The van der Waals surface area contributed by atoms with E-state index in [0.717, 1.165) is 5.56 Å². The first kappa shape index (κ1) is 19.3. The zero-order valence-corrected chi connectivity index (χ0v) is 16.6. The number of sulfonamides is 1. The van der Waals surface area contributed by atoms with Gasteiger partial charge in [0.25, 0.3) is 10.0 Å². The fraction of sp³-hybridized carbons (Fsp3) is 0.0500. The standard InChI is InChI=1S/C20H15BrFNO3S/c1-13-2-9-17(10-3-13)27(25,26)23-19-11-6-15(21)12-18(19)20(24)14-4-7-16(22)8-5-14/h2-12,23H,1H3. The Bertz CT molecular complexity index is 1100. The lowest BCUT2D eigenvalue weighted by Crippen LogP contribution is -2.16. The minimum absolute atomic E-state index is 0.0937. The minimum atomic E-state index is -3.87. The summed E-state index contributed by atoms with van der Waals surface area (Å²) in [6.45, 7) is 1.86. The highest BCUT2D eigenvalue weighted by atomic mass is 79.9. The van der Waals surface area contributed by atoms with Crippen molar-refractivity contribution >= 4 is 37.4 Å². The van der Waals surface area contributed by atoms with Gasteiger partial charge in [0.05, 0.1) is 10.6 Å². The topological polar surface area (TPSA) is 63.2 Å². The van der Waals surface area contributed by atoms with Crippen LogP contribution < -0.4 is 4.72 Å². The molecule has 27 heavy (non-hydrogen) atoms. The van der Waals surface area contributed by atoms with Crippen molar-refractivity contribution in [1.82, 2.24) is 0 Å². The van der Waals surface area contributed by atoms with Gasteiger partial charge in [-0.15, -0.1) is 0 Å². The monoisotopic (exact) mass is 447 g/mol. The predicted octanol–water partition coefficient (Wildman–Crippen LogP) is 4.93. The fourth-order valence-corrected chi connectivity index (χ4v) is 3.91. The number of rotatable bonds is 5. The fourth-order valence-electron chi connectivity index (χ4n) is 2.47. The van der Waals surface area contributed by atoms with Gasteiger partial charge in [0.1, 0.15) is 5.82 Å². The molecular weight excluding hydrogens is 433 g/mol. The smallest absolute Gasteiger partial charge is 0.261 e. The minimum Gasteiger partial charge on any atom is -0.289 e. The van der Waals surface area contributed by atoms with Crippen LogP contribution in [-0.2, 0) is 10.0 Å². The first-order chi connectivity index (χ1) is 12.8. The van der Waals surface area contributed by atoms with Crippen LogP contribution in [-0.4, -0.2) is 14.2 Å². The molecule has 3 aromatic carbocycles. The first-order valence-electron chi connectivity index (χ1n) is 7.95. The van der Waals surface area contributed by atoms with Crippen molar-refractivity contribution in [2.75, 3.05) is 4.72 Å². The third kappa shape index (κ3) is 4.43. The molecule has 0 amide bonds. The molecule has 0 radical (unpaired) electrons. The highest BCUT2D eigenvalue weighted by Crippen LogP contribution is 2.26. The van der Waals surface area contributed by atoms with Crippen molar-refractivity contribution in [2.45, 2.75) is 11.8 Å². The number of halogens is 2. The van der Waals surface area contributed by atoms with Gasteiger partial charge >= 0.3 is 0 Å². The molecule has 0 atom stereocenters. The summed E-state index contributed by atoms with van der Waals surface area (Å²) >= 11 is 3.29. The average molecular weight is 448 g/mol. The summed E-state index contributed by atoms with van der Waals surface area (Å²) in [5, 5.41) is 0. The van der Waals surface area contributed by atoms with E-state index in [1.54, 1.807) is 18.2 Å². The Balaban J connectivity index is 2.00. The van der Waals surface area contributed by atoms with Crippen LogP contribution in [0.25, 0.3) is 0 Å². The Hall–Kier alpha value is -2.51. The Labute approximate surface area is 165 Å². The van der Waals surface area contributed by atoms with Crippen LogP contribution in [0.4, 0.5) is 10.1 Å². The maximum atomic E-state index is 13.1. The number of aryl methyl sites for hydroxylation is 1. The quantitative estimate of drug-likeness (QED) is 0.564. The number of anilines is 1. The molecule has 0 aromatic heterocycles. The van der Waals surface area contributed by atoms with Crippen molar-refractivity contribution < 1.29 is 17.6 Å².